The van der Waals surface area contributed by atoms with Crippen molar-refractivity contribution in [1.29, 1.82) is 0 Å². The molecule has 0 saturated heterocycles. The lowest BCUT2D eigenvalue weighted by atomic mass is 9.62. The van der Waals surface area contributed by atoms with E-state index in [0.717, 1.165) is 28.5 Å². The Hall–Kier alpha value is -1.58. The minimum atomic E-state index is 0.0296. The molecule has 3 rings (SSSR count). The lowest BCUT2D eigenvalue weighted by Crippen LogP contribution is -2.36. The second-order valence-electron chi connectivity index (χ2n) is 3.95. The van der Waals surface area contributed by atoms with Gasteiger partial charge in [0.15, 0.2) is 11.5 Å². The summed E-state index contributed by atoms with van der Waals surface area (Å²) in [7, 11) is 0. The average Bonchev–Trinajstić information content (AvgIpc) is 2.68. The van der Waals surface area contributed by atoms with Crippen LogP contribution in [-0.4, -0.2) is 6.92 Å². The lowest BCUT2D eigenvalue weighted by Gasteiger charge is -2.15. The molecule has 0 aliphatic carbocycles. The molecule has 0 radical (unpaired) electrons. The molecule has 15 heavy (non-hydrogen) atoms. The van der Waals surface area contributed by atoms with E-state index in [4.69, 9.17) is 13.5 Å². The first-order valence-corrected chi connectivity index (χ1v) is 5.03. The van der Waals surface area contributed by atoms with Gasteiger partial charge in [-0.15, -0.1) is 0 Å². The van der Waals surface area contributed by atoms with Gasteiger partial charge in [0.1, 0.15) is 11.5 Å². The first-order chi connectivity index (χ1) is 7.15. The minimum Gasteiger partial charge on any atom is -0.553 e. The maximum absolute atomic E-state index is 5.74. The van der Waals surface area contributed by atoms with E-state index in [1.54, 1.807) is 0 Å². The predicted molar refractivity (Wildman–Crippen MR) is 57.8 cm³/mol. The van der Waals surface area contributed by atoms with E-state index < -0.39 is 0 Å². The highest BCUT2D eigenvalue weighted by Gasteiger charge is 2.33. The quantitative estimate of drug-likeness (QED) is 0.615. The van der Waals surface area contributed by atoms with Crippen molar-refractivity contribution in [2.24, 2.45) is 0 Å². The highest BCUT2D eigenvalue weighted by molar-refractivity contribution is 6.68. The van der Waals surface area contributed by atoms with Gasteiger partial charge in [-0.25, -0.2) is 0 Å². The Morgan fingerprint density at radius 3 is 2.47 bits per heavy atom. The molecule has 1 aliphatic heterocycles. The van der Waals surface area contributed by atoms with Crippen LogP contribution < -0.4 is 10.1 Å². The molecule has 76 valence electrons. The summed E-state index contributed by atoms with van der Waals surface area (Å²) in [5, 5.41) is 0. The monoisotopic (exact) mass is 202 g/mol. The molecule has 0 aromatic carbocycles. The molecule has 0 saturated carbocycles. The molecule has 0 unspecified atom stereocenters. The first kappa shape index (κ1) is 8.71. The van der Waals surface area contributed by atoms with Gasteiger partial charge >= 0.3 is 6.92 Å². The predicted octanol–water partition coefficient (Wildman–Crippen LogP) is 2.38. The summed E-state index contributed by atoms with van der Waals surface area (Å²) in [4.78, 5) is 0. The number of aryl methyl sites for hydroxylation is 2. The van der Waals surface area contributed by atoms with Crippen molar-refractivity contribution in [1.82, 2.24) is 0 Å². The Morgan fingerprint density at radius 1 is 1.00 bits per heavy atom. The molecule has 1 aliphatic rings. The largest absolute Gasteiger partial charge is 0.553 e. The van der Waals surface area contributed by atoms with Crippen LogP contribution in [-0.2, 0) is 0 Å². The van der Waals surface area contributed by atoms with E-state index in [2.05, 4.69) is 0 Å². The smallest absolute Gasteiger partial charge is 0.392 e. The van der Waals surface area contributed by atoms with E-state index in [0.29, 0.717) is 5.76 Å². The molecule has 3 heterocycles. The van der Waals surface area contributed by atoms with Gasteiger partial charge in [0.05, 0.1) is 0 Å². The summed E-state index contributed by atoms with van der Waals surface area (Å²) >= 11 is 0. The summed E-state index contributed by atoms with van der Waals surface area (Å²) in [6.07, 6.45) is 0. The molecule has 0 fully saturated rings. The molecule has 0 amide bonds. The van der Waals surface area contributed by atoms with Gasteiger partial charge in [-0.05, 0) is 26.7 Å². The third-order valence-electron chi connectivity index (χ3n) is 2.65. The zero-order chi connectivity index (χ0) is 10.6. The van der Waals surface area contributed by atoms with Gasteiger partial charge < -0.3 is 13.5 Å². The zero-order valence-electron chi connectivity index (χ0n) is 8.96. The second kappa shape index (κ2) is 2.72. The Kier molecular flexibility index (Phi) is 1.58. The standard InChI is InChI=1S/C11H11BO3/c1-6-4-8-10(13-6)11-9(15-12(8)3)5-7(2)14-11/h4-5H,1-3H3. The van der Waals surface area contributed by atoms with Crippen LogP contribution in [0.1, 0.15) is 11.5 Å². The summed E-state index contributed by atoms with van der Waals surface area (Å²) in [5.41, 5.74) is 1.06. The van der Waals surface area contributed by atoms with Gasteiger partial charge in [-0.3, -0.25) is 0 Å². The van der Waals surface area contributed by atoms with E-state index >= 15 is 0 Å². The van der Waals surface area contributed by atoms with Crippen molar-refractivity contribution in [3.8, 4) is 17.3 Å². The summed E-state index contributed by atoms with van der Waals surface area (Å²) in [6.45, 7) is 5.88. The average molecular weight is 202 g/mol. The Balaban J connectivity index is 2.28. The Labute approximate surface area is 88.1 Å². The number of fused-ring (bicyclic) bond motifs is 3. The molecule has 0 atom stereocenters. The van der Waals surface area contributed by atoms with Crippen molar-refractivity contribution in [2.45, 2.75) is 20.7 Å². The number of hydrogen-bond acceptors (Lipinski definition) is 3. The van der Waals surface area contributed by atoms with Crippen molar-refractivity contribution in [2.75, 3.05) is 0 Å². The molecule has 4 heteroatoms. The first-order valence-electron chi connectivity index (χ1n) is 5.03. The second-order valence-corrected chi connectivity index (χ2v) is 3.95. The molecule has 2 aromatic heterocycles. The van der Waals surface area contributed by atoms with Gasteiger partial charge in [0, 0.05) is 11.5 Å². The number of rotatable bonds is 0. The lowest BCUT2D eigenvalue weighted by molar-refractivity contribution is 0.478. The molecule has 0 spiro atoms. The molecule has 3 nitrogen and oxygen atoms in total. The van der Waals surface area contributed by atoms with E-state index in [9.17, 15) is 0 Å². The van der Waals surface area contributed by atoms with Crippen molar-refractivity contribution < 1.29 is 13.5 Å². The van der Waals surface area contributed by atoms with Crippen molar-refractivity contribution in [3.05, 3.63) is 23.7 Å². The molecule has 0 N–H and O–H groups in total. The number of hydrogen-bond donors (Lipinski definition) is 0. The molecule has 2 aromatic rings. The summed E-state index contributed by atoms with van der Waals surface area (Å²) in [5.74, 6) is 4.04. The van der Waals surface area contributed by atoms with Crippen LogP contribution in [0.5, 0.6) is 5.75 Å². The van der Waals surface area contributed by atoms with Crippen LogP contribution in [0.2, 0.25) is 6.82 Å². The van der Waals surface area contributed by atoms with Gasteiger partial charge in [0.2, 0.25) is 5.76 Å². The number of furan rings is 2. The SMILES string of the molecule is CB1Oc2cc(C)oc2-c2oc(C)cc21. The van der Waals surface area contributed by atoms with Gasteiger partial charge in [-0.1, -0.05) is 0 Å². The third-order valence-corrected chi connectivity index (χ3v) is 2.65. The molecule has 0 bridgehead atoms. The highest BCUT2D eigenvalue weighted by atomic mass is 16.5. The van der Waals surface area contributed by atoms with Crippen LogP contribution in [0.15, 0.2) is 21.0 Å². The maximum Gasteiger partial charge on any atom is 0.392 e. The summed E-state index contributed by atoms with van der Waals surface area (Å²) in [6, 6.07) is 3.90. The van der Waals surface area contributed by atoms with Gasteiger partial charge in [-0.2, -0.15) is 0 Å². The van der Waals surface area contributed by atoms with Crippen LogP contribution in [0.4, 0.5) is 0 Å². The minimum absolute atomic E-state index is 0.0296. The molecular formula is C11H11BO3. The summed E-state index contributed by atoms with van der Waals surface area (Å²) < 4.78 is 17.0. The fourth-order valence-corrected chi connectivity index (χ4v) is 2.00. The fraction of sp³-hybridized carbons (Fsp3) is 0.273. The highest BCUT2D eigenvalue weighted by Crippen LogP contribution is 2.37. The van der Waals surface area contributed by atoms with E-state index in [1.807, 2.05) is 32.8 Å². The van der Waals surface area contributed by atoms with Gasteiger partial charge in [0.25, 0.3) is 0 Å². The van der Waals surface area contributed by atoms with Crippen molar-refractivity contribution in [3.63, 3.8) is 0 Å². The third kappa shape index (κ3) is 1.14. The van der Waals surface area contributed by atoms with Crippen LogP contribution in [0.3, 0.4) is 0 Å². The Morgan fingerprint density at radius 2 is 1.67 bits per heavy atom. The van der Waals surface area contributed by atoms with E-state index in [-0.39, 0.29) is 6.92 Å². The van der Waals surface area contributed by atoms with E-state index in [1.165, 1.54) is 0 Å². The topological polar surface area (TPSA) is 35.5 Å². The maximum atomic E-state index is 5.74. The van der Waals surface area contributed by atoms with Crippen molar-refractivity contribution >= 4 is 12.4 Å². The Bertz CT molecular complexity index is 524. The van der Waals surface area contributed by atoms with Crippen LogP contribution in [0.25, 0.3) is 11.5 Å². The van der Waals surface area contributed by atoms with Crippen LogP contribution >= 0.6 is 0 Å². The molecular weight excluding hydrogens is 191 g/mol. The van der Waals surface area contributed by atoms with Crippen LogP contribution in [0, 0.1) is 13.8 Å². The fourth-order valence-electron chi connectivity index (χ4n) is 2.00. The zero-order valence-corrected chi connectivity index (χ0v) is 8.96. The normalized spacial score (nSPS) is 13.4.